The molecule has 2 aromatic heterocycles. The van der Waals surface area contributed by atoms with Crippen molar-refractivity contribution in [3.63, 3.8) is 0 Å². The zero-order chi connectivity index (χ0) is 16.4. The average Bonchev–Trinajstić information content (AvgIpc) is 3.04. The number of fused-ring (bicyclic) bond motifs is 3. The second-order valence-electron chi connectivity index (χ2n) is 7.01. The Morgan fingerprint density at radius 3 is 2.61 bits per heavy atom. The van der Waals surface area contributed by atoms with Gasteiger partial charge < -0.3 is 8.98 Å². The van der Waals surface area contributed by atoms with Gasteiger partial charge in [-0.25, -0.2) is 0 Å². The summed E-state index contributed by atoms with van der Waals surface area (Å²) in [4.78, 5) is 15.1. The molecule has 1 aromatic carbocycles. The van der Waals surface area contributed by atoms with E-state index in [0.29, 0.717) is 5.69 Å². The molecule has 0 atom stereocenters. The third-order valence-electron chi connectivity index (χ3n) is 4.84. The molecule has 1 amide bonds. The largest absolute Gasteiger partial charge is 0.463 e. The van der Waals surface area contributed by atoms with Gasteiger partial charge in [0.05, 0.1) is 17.3 Å². The molecule has 4 nitrogen and oxygen atoms in total. The quantitative estimate of drug-likeness (QED) is 0.672. The van der Waals surface area contributed by atoms with Crippen molar-refractivity contribution in [2.24, 2.45) is 0 Å². The van der Waals surface area contributed by atoms with Gasteiger partial charge in [0.15, 0.2) is 5.58 Å². The van der Waals surface area contributed by atoms with E-state index in [1.54, 1.807) is 6.26 Å². The van der Waals surface area contributed by atoms with Crippen LogP contribution in [-0.4, -0.2) is 16.0 Å². The fraction of sp³-hybridized carbons (Fsp3) is 0.316. The first-order valence-electron chi connectivity index (χ1n) is 7.87. The van der Waals surface area contributed by atoms with E-state index in [1.165, 1.54) is 11.1 Å². The van der Waals surface area contributed by atoms with Gasteiger partial charge in [0.1, 0.15) is 5.69 Å². The van der Waals surface area contributed by atoms with Gasteiger partial charge in [0.2, 0.25) is 0 Å². The van der Waals surface area contributed by atoms with Gasteiger partial charge in [-0.3, -0.25) is 9.69 Å². The minimum absolute atomic E-state index is 0.0240. The Morgan fingerprint density at radius 2 is 1.87 bits per heavy atom. The lowest BCUT2D eigenvalue weighted by atomic mass is 9.96. The highest BCUT2D eigenvalue weighted by Gasteiger charge is 2.40. The Kier molecular flexibility index (Phi) is 2.77. The number of hydrogen-bond acceptors (Lipinski definition) is 2. The van der Waals surface area contributed by atoms with Crippen LogP contribution in [0.15, 0.2) is 41.0 Å². The first-order chi connectivity index (χ1) is 10.9. The number of furan rings is 1. The lowest BCUT2D eigenvalue weighted by Gasteiger charge is -2.43. The lowest BCUT2D eigenvalue weighted by Crippen LogP contribution is -2.55. The van der Waals surface area contributed by atoms with Gasteiger partial charge in [-0.15, -0.1) is 0 Å². The van der Waals surface area contributed by atoms with Crippen LogP contribution < -0.4 is 4.90 Å². The van der Waals surface area contributed by atoms with Gasteiger partial charge in [-0.1, -0.05) is 6.07 Å². The van der Waals surface area contributed by atoms with E-state index in [2.05, 4.69) is 44.4 Å². The molecule has 0 unspecified atom stereocenters. The van der Waals surface area contributed by atoms with E-state index in [1.807, 2.05) is 23.1 Å². The maximum atomic E-state index is 13.2. The molecule has 0 fully saturated rings. The van der Waals surface area contributed by atoms with Crippen LogP contribution in [0.2, 0.25) is 0 Å². The molecule has 3 aromatic rings. The van der Waals surface area contributed by atoms with Crippen molar-refractivity contribution in [2.75, 3.05) is 4.90 Å². The van der Waals surface area contributed by atoms with Gasteiger partial charge >= 0.3 is 0 Å². The summed E-state index contributed by atoms with van der Waals surface area (Å²) < 4.78 is 7.54. The summed E-state index contributed by atoms with van der Waals surface area (Å²) in [6.45, 7) is 9.12. The number of aromatic nitrogens is 1. The smallest absolute Gasteiger partial charge is 0.275 e. The van der Waals surface area contributed by atoms with Crippen molar-refractivity contribution in [1.29, 1.82) is 0 Å². The minimum atomic E-state index is -0.311. The van der Waals surface area contributed by atoms with Crippen LogP contribution in [0.5, 0.6) is 0 Å². The molecule has 0 bridgehead atoms. The van der Waals surface area contributed by atoms with E-state index < -0.39 is 0 Å². The number of benzene rings is 1. The topological polar surface area (TPSA) is 38.4 Å². The van der Waals surface area contributed by atoms with Crippen molar-refractivity contribution in [2.45, 2.75) is 39.8 Å². The standard InChI is InChI=1S/C19H20N2O2/c1-12-5-6-14(9-13(12)2)21-18(22)16-10-17-15(7-8-23-17)20(16)11-19(21,3)4/h5-10H,11H2,1-4H3. The van der Waals surface area contributed by atoms with E-state index in [9.17, 15) is 4.79 Å². The van der Waals surface area contributed by atoms with Crippen molar-refractivity contribution >= 4 is 22.7 Å². The van der Waals surface area contributed by atoms with Crippen LogP contribution >= 0.6 is 0 Å². The maximum Gasteiger partial charge on any atom is 0.275 e. The third-order valence-corrected chi connectivity index (χ3v) is 4.84. The van der Waals surface area contributed by atoms with Crippen molar-refractivity contribution < 1.29 is 9.21 Å². The Balaban J connectivity index is 1.89. The summed E-state index contributed by atoms with van der Waals surface area (Å²) in [5.74, 6) is 0.0240. The number of hydrogen-bond donors (Lipinski definition) is 0. The van der Waals surface area contributed by atoms with E-state index >= 15 is 0 Å². The molecule has 0 radical (unpaired) electrons. The van der Waals surface area contributed by atoms with Gasteiger partial charge in [-0.2, -0.15) is 0 Å². The number of nitrogens with zero attached hydrogens (tertiary/aromatic N) is 2. The Bertz CT molecular complexity index is 930. The molecule has 1 aliphatic rings. The predicted octanol–water partition coefficient (Wildman–Crippen LogP) is 4.29. The Hall–Kier alpha value is -2.49. The normalized spacial score (nSPS) is 16.9. The monoisotopic (exact) mass is 308 g/mol. The predicted molar refractivity (Wildman–Crippen MR) is 91.0 cm³/mol. The highest BCUT2D eigenvalue weighted by molar-refractivity contribution is 6.09. The molecule has 0 saturated carbocycles. The summed E-state index contributed by atoms with van der Waals surface area (Å²) in [6, 6.07) is 9.98. The summed E-state index contributed by atoms with van der Waals surface area (Å²) in [5.41, 5.74) is 5.52. The van der Waals surface area contributed by atoms with Gasteiger partial charge in [-0.05, 0) is 51.0 Å². The van der Waals surface area contributed by atoms with Crippen LogP contribution in [0, 0.1) is 13.8 Å². The van der Waals surface area contributed by atoms with Crippen molar-refractivity contribution in [1.82, 2.24) is 4.57 Å². The molecule has 0 spiro atoms. The SMILES string of the molecule is Cc1ccc(N2C(=O)c3cc4occc4n3CC2(C)C)cc1C. The molecule has 4 rings (SSSR count). The first-order valence-corrected chi connectivity index (χ1v) is 7.87. The Labute approximate surface area is 135 Å². The number of anilines is 1. The van der Waals surface area contributed by atoms with Crippen molar-refractivity contribution in [3.05, 3.63) is 53.4 Å². The minimum Gasteiger partial charge on any atom is -0.463 e. The van der Waals surface area contributed by atoms with E-state index in [-0.39, 0.29) is 11.4 Å². The molecule has 118 valence electrons. The zero-order valence-corrected chi connectivity index (χ0v) is 13.9. The zero-order valence-electron chi connectivity index (χ0n) is 13.9. The van der Waals surface area contributed by atoms with Crippen LogP contribution in [0.4, 0.5) is 5.69 Å². The molecular weight excluding hydrogens is 288 g/mol. The maximum absolute atomic E-state index is 13.2. The summed E-state index contributed by atoms with van der Waals surface area (Å²) >= 11 is 0. The van der Waals surface area contributed by atoms with E-state index in [0.717, 1.165) is 23.3 Å². The molecule has 23 heavy (non-hydrogen) atoms. The number of amides is 1. The number of carbonyl (C=O) groups excluding carboxylic acids is 1. The molecule has 0 saturated heterocycles. The highest BCUT2D eigenvalue weighted by atomic mass is 16.3. The highest BCUT2D eigenvalue weighted by Crippen LogP contribution is 2.36. The molecule has 1 aliphatic heterocycles. The van der Waals surface area contributed by atoms with Crippen LogP contribution in [0.1, 0.15) is 35.5 Å². The molecule has 0 aliphatic carbocycles. The van der Waals surface area contributed by atoms with Gasteiger partial charge in [0.25, 0.3) is 5.91 Å². The summed E-state index contributed by atoms with van der Waals surface area (Å²) in [7, 11) is 0. The first kappa shape index (κ1) is 14.1. The Morgan fingerprint density at radius 1 is 1.09 bits per heavy atom. The summed E-state index contributed by atoms with van der Waals surface area (Å²) in [5, 5.41) is 0. The number of carbonyl (C=O) groups is 1. The van der Waals surface area contributed by atoms with Crippen LogP contribution in [0.3, 0.4) is 0 Å². The third kappa shape index (κ3) is 1.94. The van der Waals surface area contributed by atoms with Gasteiger partial charge in [0, 0.05) is 24.4 Å². The van der Waals surface area contributed by atoms with Crippen LogP contribution in [0.25, 0.3) is 11.1 Å². The fourth-order valence-electron chi connectivity index (χ4n) is 3.50. The van der Waals surface area contributed by atoms with E-state index in [4.69, 9.17) is 4.42 Å². The lowest BCUT2D eigenvalue weighted by molar-refractivity contribution is 0.0924. The van der Waals surface area contributed by atoms with Crippen LogP contribution in [-0.2, 0) is 6.54 Å². The summed E-state index contributed by atoms with van der Waals surface area (Å²) in [6.07, 6.45) is 1.67. The molecule has 3 heterocycles. The average molecular weight is 308 g/mol. The second-order valence-corrected chi connectivity index (χ2v) is 7.01. The number of aryl methyl sites for hydroxylation is 2. The second kappa shape index (κ2) is 4.51. The number of rotatable bonds is 1. The fourth-order valence-corrected chi connectivity index (χ4v) is 3.50. The molecular formula is C19H20N2O2. The molecule has 4 heteroatoms. The molecule has 0 N–H and O–H groups in total. The van der Waals surface area contributed by atoms with Crippen molar-refractivity contribution in [3.8, 4) is 0 Å².